The van der Waals surface area contributed by atoms with Crippen LogP contribution in [-0.2, 0) is 6.42 Å². The van der Waals surface area contributed by atoms with Gasteiger partial charge in [0.2, 0.25) is 0 Å². The molecule has 2 aromatic rings. The van der Waals surface area contributed by atoms with Crippen molar-refractivity contribution < 1.29 is 14.9 Å². The maximum atomic E-state index is 9.84. The van der Waals surface area contributed by atoms with Crippen molar-refractivity contribution >= 4 is 0 Å². The zero-order valence-electron chi connectivity index (χ0n) is 16.3. The van der Waals surface area contributed by atoms with Gasteiger partial charge in [0.05, 0.1) is 7.11 Å². The van der Waals surface area contributed by atoms with Crippen molar-refractivity contribution in [2.24, 2.45) is 11.8 Å². The average Bonchev–Trinajstić information content (AvgIpc) is 3.08. The number of hydrogen-bond acceptors (Lipinski definition) is 4. The number of benzene rings is 2. The molecule has 4 nitrogen and oxygen atoms in total. The van der Waals surface area contributed by atoms with Crippen LogP contribution in [0.2, 0.25) is 0 Å². The highest BCUT2D eigenvalue weighted by atomic mass is 16.5. The van der Waals surface area contributed by atoms with Crippen LogP contribution in [0.15, 0.2) is 48.5 Å². The summed E-state index contributed by atoms with van der Waals surface area (Å²) in [7, 11) is 1.70. The quantitative estimate of drug-likeness (QED) is 0.745. The van der Waals surface area contributed by atoms with Gasteiger partial charge in [-0.3, -0.25) is 0 Å². The first-order chi connectivity index (χ1) is 13.1. The third-order valence-corrected chi connectivity index (χ3v) is 5.82. The van der Waals surface area contributed by atoms with Gasteiger partial charge in [0.1, 0.15) is 11.5 Å². The molecule has 1 aliphatic heterocycles. The summed E-state index contributed by atoms with van der Waals surface area (Å²) in [5, 5.41) is 19.3. The number of phenols is 1. The Morgan fingerprint density at radius 2 is 1.85 bits per heavy atom. The summed E-state index contributed by atoms with van der Waals surface area (Å²) in [4.78, 5) is 2.48. The molecule has 0 aromatic heterocycles. The van der Waals surface area contributed by atoms with E-state index in [1.807, 2.05) is 24.3 Å². The highest BCUT2D eigenvalue weighted by molar-refractivity contribution is 5.29. The number of aliphatic hydroxyl groups excluding tert-OH is 1. The number of rotatable bonds is 8. The van der Waals surface area contributed by atoms with Crippen LogP contribution in [0.4, 0.5) is 0 Å². The molecule has 0 spiro atoms. The van der Waals surface area contributed by atoms with Crippen molar-refractivity contribution in [3.63, 3.8) is 0 Å². The van der Waals surface area contributed by atoms with Crippen LogP contribution in [0.5, 0.6) is 11.5 Å². The van der Waals surface area contributed by atoms with E-state index >= 15 is 0 Å². The predicted molar refractivity (Wildman–Crippen MR) is 108 cm³/mol. The molecular formula is C23H31NO3. The van der Waals surface area contributed by atoms with E-state index in [9.17, 15) is 10.2 Å². The van der Waals surface area contributed by atoms with Crippen molar-refractivity contribution in [3.8, 4) is 11.5 Å². The van der Waals surface area contributed by atoms with Crippen LogP contribution in [-0.4, -0.2) is 48.5 Å². The largest absolute Gasteiger partial charge is 0.508 e. The molecule has 146 valence electrons. The molecule has 4 heteroatoms. The molecule has 2 N–H and O–H groups in total. The van der Waals surface area contributed by atoms with Gasteiger partial charge in [-0.25, -0.2) is 0 Å². The Morgan fingerprint density at radius 1 is 1.11 bits per heavy atom. The molecule has 0 amide bonds. The number of hydrogen-bond donors (Lipinski definition) is 2. The third-order valence-electron chi connectivity index (χ3n) is 5.82. The maximum absolute atomic E-state index is 9.84. The summed E-state index contributed by atoms with van der Waals surface area (Å²) in [5.41, 5.74) is 2.54. The van der Waals surface area contributed by atoms with E-state index in [4.69, 9.17) is 4.74 Å². The van der Waals surface area contributed by atoms with E-state index in [0.717, 1.165) is 38.2 Å². The summed E-state index contributed by atoms with van der Waals surface area (Å²) in [6, 6.07) is 15.8. The fourth-order valence-electron chi connectivity index (χ4n) is 4.19. The van der Waals surface area contributed by atoms with Crippen molar-refractivity contribution in [3.05, 3.63) is 59.7 Å². The standard InChI is InChI=1S/C23H31NO3/c1-17(19-8-10-22(26)11-9-19)13-24-14-20(21(15-24)16-25)7-6-18-4-3-5-23(12-18)27-2/h3-5,8-12,17,20-21,25-26H,6-7,13-16H2,1-2H3/t17?,20-,21-/m1/s1. The lowest BCUT2D eigenvalue weighted by atomic mass is 9.90. The first-order valence-corrected chi connectivity index (χ1v) is 9.84. The molecule has 1 fully saturated rings. The minimum absolute atomic E-state index is 0.257. The molecule has 0 bridgehead atoms. The number of ether oxygens (including phenoxy) is 1. The minimum atomic E-state index is 0.257. The first-order valence-electron chi connectivity index (χ1n) is 9.84. The molecule has 1 heterocycles. The normalized spacial score (nSPS) is 21.3. The fourth-order valence-corrected chi connectivity index (χ4v) is 4.19. The summed E-state index contributed by atoms with van der Waals surface area (Å²) < 4.78 is 5.32. The lowest BCUT2D eigenvalue weighted by Crippen LogP contribution is -2.26. The van der Waals surface area contributed by atoms with Gasteiger partial charge in [0, 0.05) is 26.2 Å². The lowest BCUT2D eigenvalue weighted by Gasteiger charge is -2.21. The summed E-state index contributed by atoms with van der Waals surface area (Å²) in [6.07, 6.45) is 2.10. The zero-order chi connectivity index (χ0) is 19.2. The first kappa shape index (κ1) is 19.7. The maximum Gasteiger partial charge on any atom is 0.119 e. The average molecular weight is 370 g/mol. The Labute approximate surface area is 162 Å². The van der Waals surface area contributed by atoms with E-state index < -0.39 is 0 Å². The van der Waals surface area contributed by atoms with E-state index in [-0.39, 0.29) is 6.61 Å². The topological polar surface area (TPSA) is 52.9 Å². The second kappa shape index (κ2) is 9.25. The number of likely N-dealkylation sites (tertiary alicyclic amines) is 1. The van der Waals surface area contributed by atoms with Gasteiger partial charge in [0.25, 0.3) is 0 Å². The molecule has 1 saturated heterocycles. The Hall–Kier alpha value is -2.04. The number of phenolic OH excluding ortho intramolecular Hbond substituents is 1. The van der Waals surface area contributed by atoms with Crippen LogP contribution in [0.3, 0.4) is 0 Å². The predicted octanol–water partition coefficient (Wildman–Crippen LogP) is 3.68. The smallest absolute Gasteiger partial charge is 0.119 e. The van der Waals surface area contributed by atoms with E-state index in [0.29, 0.717) is 23.5 Å². The molecule has 0 aliphatic carbocycles. The van der Waals surface area contributed by atoms with Gasteiger partial charge >= 0.3 is 0 Å². The van der Waals surface area contributed by atoms with Crippen molar-refractivity contribution in [1.29, 1.82) is 0 Å². The molecular weight excluding hydrogens is 338 g/mol. The Morgan fingerprint density at radius 3 is 2.56 bits per heavy atom. The number of nitrogens with zero attached hydrogens (tertiary/aromatic N) is 1. The highest BCUT2D eigenvalue weighted by Gasteiger charge is 2.32. The van der Waals surface area contributed by atoms with Crippen LogP contribution < -0.4 is 4.74 Å². The second-order valence-corrected chi connectivity index (χ2v) is 7.80. The molecule has 0 saturated carbocycles. The van der Waals surface area contributed by atoms with Crippen LogP contribution in [0.25, 0.3) is 0 Å². The molecule has 1 unspecified atom stereocenters. The Bertz CT molecular complexity index is 716. The monoisotopic (exact) mass is 369 g/mol. The van der Waals surface area contributed by atoms with Crippen molar-refractivity contribution in [2.45, 2.75) is 25.7 Å². The summed E-state index contributed by atoms with van der Waals surface area (Å²) in [6.45, 7) is 5.47. The Kier molecular flexibility index (Phi) is 6.75. The Balaban J connectivity index is 1.55. The van der Waals surface area contributed by atoms with Crippen LogP contribution >= 0.6 is 0 Å². The molecule has 3 atom stereocenters. The molecule has 0 radical (unpaired) electrons. The van der Waals surface area contributed by atoms with Gasteiger partial charge < -0.3 is 19.8 Å². The van der Waals surface area contributed by atoms with Gasteiger partial charge in [-0.15, -0.1) is 0 Å². The molecule has 27 heavy (non-hydrogen) atoms. The lowest BCUT2D eigenvalue weighted by molar-refractivity contribution is 0.196. The highest BCUT2D eigenvalue weighted by Crippen LogP contribution is 2.30. The SMILES string of the molecule is COc1cccc(CC[C@@H]2CN(CC(C)c3ccc(O)cc3)C[C@@H]2CO)c1. The van der Waals surface area contributed by atoms with Crippen molar-refractivity contribution in [1.82, 2.24) is 4.90 Å². The van der Waals surface area contributed by atoms with Gasteiger partial charge in [0.15, 0.2) is 0 Å². The van der Waals surface area contributed by atoms with E-state index in [1.54, 1.807) is 19.2 Å². The summed E-state index contributed by atoms with van der Waals surface area (Å²) >= 11 is 0. The minimum Gasteiger partial charge on any atom is -0.508 e. The third kappa shape index (κ3) is 5.24. The fraction of sp³-hybridized carbons (Fsp3) is 0.478. The van der Waals surface area contributed by atoms with Gasteiger partial charge in [-0.1, -0.05) is 31.2 Å². The van der Waals surface area contributed by atoms with Crippen LogP contribution in [0.1, 0.15) is 30.4 Å². The number of aryl methyl sites for hydroxylation is 1. The van der Waals surface area contributed by atoms with Crippen molar-refractivity contribution in [2.75, 3.05) is 33.4 Å². The molecule has 1 aliphatic rings. The van der Waals surface area contributed by atoms with Gasteiger partial charge in [-0.2, -0.15) is 0 Å². The number of aromatic hydroxyl groups is 1. The zero-order valence-corrected chi connectivity index (χ0v) is 16.3. The van der Waals surface area contributed by atoms with E-state index in [1.165, 1.54) is 11.1 Å². The van der Waals surface area contributed by atoms with E-state index in [2.05, 4.69) is 24.0 Å². The summed E-state index contributed by atoms with van der Waals surface area (Å²) in [5.74, 6) is 2.49. The number of aliphatic hydroxyl groups is 1. The number of methoxy groups -OCH3 is 1. The van der Waals surface area contributed by atoms with Gasteiger partial charge in [-0.05, 0) is 66.0 Å². The molecule has 3 rings (SSSR count). The molecule has 2 aromatic carbocycles. The second-order valence-electron chi connectivity index (χ2n) is 7.80. The van der Waals surface area contributed by atoms with Crippen LogP contribution in [0, 0.1) is 11.8 Å².